The SMILES string of the molecule is C[S+]([O-])c1cc2c(N3CCC4(CCC4)CC3)c(C#N)c(=O)[nH]c2cn1. The molecule has 3 heterocycles. The number of pyridine rings is 2. The first-order valence-electron chi connectivity index (χ1n) is 8.57. The Labute approximate surface area is 149 Å². The molecule has 2 aromatic rings. The molecule has 1 spiro atoms. The van der Waals surface area contributed by atoms with Gasteiger partial charge in [0.25, 0.3) is 5.56 Å². The van der Waals surface area contributed by atoms with Crippen LogP contribution in [0.5, 0.6) is 0 Å². The van der Waals surface area contributed by atoms with Crippen molar-refractivity contribution < 1.29 is 4.55 Å². The highest BCUT2D eigenvalue weighted by molar-refractivity contribution is 7.90. The second kappa shape index (κ2) is 6.04. The van der Waals surface area contributed by atoms with E-state index in [1.807, 2.05) is 0 Å². The van der Waals surface area contributed by atoms with Crippen molar-refractivity contribution >= 4 is 27.8 Å². The fraction of sp³-hybridized carbons (Fsp3) is 0.500. The number of hydrogen-bond donors (Lipinski definition) is 1. The van der Waals surface area contributed by atoms with E-state index in [0.29, 0.717) is 21.6 Å². The molecule has 7 heteroatoms. The molecule has 1 atom stereocenters. The summed E-state index contributed by atoms with van der Waals surface area (Å²) in [4.78, 5) is 21.4. The third-order valence-electron chi connectivity index (χ3n) is 5.81. The summed E-state index contributed by atoms with van der Waals surface area (Å²) in [5.74, 6) is 0. The molecule has 1 aliphatic heterocycles. The molecule has 0 amide bonds. The minimum absolute atomic E-state index is 0.135. The van der Waals surface area contributed by atoms with E-state index in [1.165, 1.54) is 25.5 Å². The van der Waals surface area contributed by atoms with Crippen LogP contribution in [0, 0.1) is 16.7 Å². The quantitative estimate of drug-likeness (QED) is 0.833. The number of aromatic amines is 1. The summed E-state index contributed by atoms with van der Waals surface area (Å²) in [5, 5.41) is 10.8. The van der Waals surface area contributed by atoms with Crippen molar-refractivity contribution in [3.8, 4) is 6.07 Å². The summed E-state index contributed by atoms with van der Waals surface area (Å²) in [6.07, 6.45) is 9.22. The Balaban J connectivity index is 1.83. The molecular formula is C18H20N4O2S. The van der Waals surface area contributed by atoms with Crippen LogP contribution in [0.15, 0.2) is 22.1 Å². The van der Waals surface area contributed by atoms with Crippen molar-refractivity contribution in [3.05, 3.63) is 28.2 Å². The molecule has 4 rings (SSSR count). The van der Waals surface area contributed by atoms with Gasteiger partial charge in [-0.05, 0) is 31.1 Å². The average molecular weight is 356 g/mol. The number of rotatable bonds is 2. The van der Waals surface area contributed by atoms with Crippen LogP contribution in [0.4, 0.5) is 5.69 Å². The van der Waals surface area contributed by atoms with E-state index in [1.54, 1.807) is 12.3 Å². The number of anilines is 1. The van der Waals surface area contributed by atoms with E-state index in [-0.39, 0.29) is 11.1 Å². The Morgan fingerprint density at radius 2 is 2.08 bits per heavy atom. The molecule has 1 saturated heterocycles. The van der Waals surface area contributed by atoms with Crippen LogP contribution in [-0.2, 0) is 11.2 Å². The fourth-order valence-corrected chi connectivity index (χ4v) is 4.61. The van der Waals surface area contributed by atoms with Gasteiger partial charge in [0.1, 0.15) is 17.9 Å². The minimum Gasteiger partial charge on any atom is -0.610 e. The second-order valence-corrected chi connectivity index (χ2v) is 8.48. The molecule has 0 bridgehead atoms. The standard InChI is InChI=1S/C18H20N4O2S/c1-25(24)15-9-12-14(11-20-15)21-17(23)13(10-19)16(12)22-7-5-18(6-8-22)3-2-4-18/h9,11H,2-8H2,1H3,(H,21,23). The zero-order chi connectivity index (χ0) is 17.6. The first kappa shape index (κ1) is 16.4. The topological polar surface area (TPSA) is 95.8 Å². The first-order chi connectivity index (χ1) is 12.0. The Morgan fingerprint density at radius 1 is 1.36 bits per heavy atom. The number of nitrogens with one attached hydrogen (secondary N) is 1. The third kappa shape index (κ3) is 2.70. The Morgan fingerprint density at radius 3 is 2.64 bits per heavy atom. The van der Waals surface area contributed by atoms with Crippen LogP contribution in [0.2, 0.25) is 0 Å². The zero-order valence-corrected chi connectivity index (χ0v) is 15.0. The number of H-pyrrole nitrogens is 1. The van der Waals surface area contributed by atoms with Gasteiger partial charge >= 0.3 is 0 Å². The van der Waals surface area contributed by atoms with E-state index < -0.39 is 11.2 Å². The Bertz CT molecular complexity index is 917. The number of aromatic nitrogens is 2. The van der Waals surface area contributed by atoms with Gasteiger partial charge in [0, 0.05) is 35.7 Å². The smallest absolute Gasteiger partial charge is 0.268 e. The van der Waals surface area contributed by atoms with E-state index in [4.69, 9.17) is 0 Å². The Kier molecular flexibility index (Phi) is 3.97. The lowest BCUT2D eigenvalue weighted by atomic mass is 9.63. The summed E-state index contributed by atoms with van der Waals surface area (Å²) in [6.45, 7) is 1.69. The molecule has 0 aromatic carbocycles. The second-order valence-electron chi connectivity index (χ2n) is 7.15. The normalized spacial score (nSPS) is 20.3. The predicted octanol–water partition coefficient (Wildman–Crippen LogP) is 2.30. The number of hydrogen-bond acceptors (Lipinski definition) is 5. The number of nitriles is 1. The van der Waals surface area contributed by atoms with Crippen LogP contribution in [0.1, 0.15) is 37.7 Å². The summed E-state index contributed by atoms with van der Waals surface area (Å²) in [7, 11) is 0. The van der Waals surface area contributed by atoms with Gasteiger partial charge in [0.05, 0.1) is 17.4 Å². The van der Waals surface area contributed by atoms with Crippen LogP contribution < -0.4 is 10.5 Å². The van der Waals surface area contributed by atoms with Crippen LogP contribution >= 0.6 is 0 Å². The predicted molar refractivity (Wildman–Crippen MR) is 97.1 cm³/mol. The molecule has 1 aliphatic carbocycles. The van der Waals surface area contributed by atoms with Gasteiger partial charge in [-0.2, -0.15) is 5.26 Å². The van der Waals surface area contributed by atoms with E-state index in [9.17, 15) is 14.6 Å². The maximum Gasteiger partial charge on any atom is 0.268 e. The van der Waals surface area contributed by atoms with E-state index >= 15 is 0 Å². The summed E-state index contributed by atoms with van der Waals surface area (Å²) >= 11 is -1.22. The lowest BCUT2D eigenvalue weighted by Crippen LogP contribution is -2.44. The molecular weight excluding hydrogens is 336 g/mol. The van der Waals surface area contributed by atoms with Gasteiger partial charge in [-0.15, -0.1) is 0 Å². The highest BCUT2D eigenvalue weighted by Crippen LogP contribution is 2.49. The van der Waals surface area contributed by atoms with Gasteiger partial charge < -0.3 is 14.4 Å². The highest BCUT2D eigenvalue weighted by Gasteiger charge is 2.40. The molecule has 1 N–H and O–H groups in total. The largest absolute Gasteiger partial charge is 0.610 e. The van der Waals surface area contributed by atoms with Crippen molar-refractivity contribution in [3.63, 3.8) is 0 Å². The lowest BCUT2D eigenvalue weighted by Gasteiger charge is -2.48. The molecule has 25 heavy (non-hydrogen) atoms. The molecule has 2 aliphatic rings. The molecule has 1 saturated carbocycles. The van der Waals surface area contributed by atoms with Crippen molar-refractivity contribution in [2.24, 2.45) is 5.41 Å². The molecule has 2 aromatic heterocycles. The summed E-state index contributed by atoms with van der Waals surface area (Å²) in [6, 6.07) is 3.81. The van der Waals surface area contributed by atoms with Crippen LogP contribution in [0.25, 0.3) is 10.9 Å². The van der Waals surface area contributed by atoms with Crippen molar-refractivity contribution in [1.82, 2.24) is 9.97 Å². The number of fused-ring (bicyclic) bond motifs is 1. The van der Waals surface area contributed by atoms with Gasteiger partial charge in [-0.25, -0.2) is 4.98 Å². The average Bonchev–Trinajstić information content (AvgIpc) is 2.59. The molecule has 6 nitrogen and oxygen atoms in total. The van der Waals surface area contributed by atoms with Crippen molar-refractivity contribution in [2.75, 3.05) is 24.2 Å². The number of nitrogens with zero attached hydrogens (tertiary/aromatic N) is 3. The van der Waals surface area contributed by atoms with Crippen molar-refractivity contribution in [2.45, 2.75) is 37.1 Å². The summed E-state index contributed by atoms with van der Waals surface area (Å²) < 4.78 is 11.8. The van der Waals surface area contributed by atoms with Gasteiger partial charge in [0.15, 0.2) is 0 Å². The van der Waals surface area contributed by atoms with Gasteiger partial charge in [-0.3, -0.25) is 4.79 Å². The third-order valence-corrected chi connectivity index (χ3v) is 6.62. The van der Waals surface area contributed by atoms with Crippen molar-refractivity contribution in [1.29, 1.82) is 5.26 Å². The van der Waals surface area contributed by atoms with E-state index in [0.717, 1.165) is 31.3 Å². The lowest BCUT2D eigenvalue weighted by molar-refractivity contribution is 0.0956. The van der Waals surface area contributed by atoms with Crippen LogP contribution in [-0.4, -0.2) is 33.9 Å². The van der Waals surface area contributed by atoms with Crippen LogP contribution in [0.3, 0.4) is 0 Å². The maximum atomic E-state index is 12.3. The highest BCUT2D eigenvalue weighted by atomic mass is 32.2. The monoisotopic (exact) mass is 356 g/mol. The molecule has 1 unspecified atom stereocenters. The van der Waals surface area contributed by atoms with Gasteiger partial charge in [0.2, 0.25) is 5.03 Å². The number of piperidine rings is 1. The van der Waals surface area contributed by atoms with E-state index in [2.05, 4.69) is 20.9 Å². The first-order valence-corrected chi connectivity index (χ1v) is 10.1. The molecule has 130 valence electrons. The maximum absolute atomic E-state index is 12.3. The fourth-order valence-electron chi connectivity index (χ4n) is 4.13. The van der Waals surface area contributed by atoms with Gasteiger partial charge in [-0.1, -0.05) is 6.42 Å². The molecule has 0 radical (unpaired) electrons. The molecule has 2 fully saturated rings. The summed E-state index contributed by atoms with van der Waals surface area (Å²) in [5.41, 5.74) is 1.48. The minimum atomic E-state index is -1.22. The zero-order valence-electron chi connectivity index (χ0n) is 14.2. The Hall–Kier alpha value is -2.04.